The molecule has 0 aliphatic rings. The van der Waals surface area contributed by atoms with E-state index in [1.807, 2.05) is 0 Å². The molecule has 0 aliphatic carbocycles. The molecule has 0 spiro atoms. The molecule has 1 unspecified atom stereocenters. The second-order valence-electron chi connectivity index (χ2n) is 8.63. The Kier molecular flexibility index (Phi) is 20.2. The van der Waals surface area contributed by atoms with Gasteiger partial charge in [-0.05, 0) is 33.0 Å². The highest BCUT2D eigenvalue weighted by Gasteiger charge is 2.09. The maximum Gasteiger partial charge on any atom is -0.00222 e. The lowest BCUT2D eigenvalue weighted by molar-refractivity contribution is 0.314. The van der Waals surface area contributed by atoms with Crippen molar-refractivity contribution in [2.24, 2.45) is 5.92 Å². The molecular weight excluding hydrogens is 302 g/mol. The Morgan fingerprint density at radius 1 is 0.480 bits per heavy atom. The topological polar surface area (TPSA) is 3.24 Å². The Balaban J connectivity index is 3.67. The molecule has 25 heavy (non-hydrogen) atoms. The molecule has 0 saturated heterocycles. The van der Waals surface area contributed by atoms with Gasteiger partial charge in [-0.15, -0.1) is 0 Å². The Labute approximate surface area is 161 Å². The van der Waals surface area contributed by atoms with Gasteiger partial charge in [-0.25, -0.2) is 0 Å². The molecule has 0 aromatic carbocycles. The lowest BCUT2D eigenvalue weighted by atomic mass is 9.91. The summed E-state index contributed by atoms with van der Waals surface area (Å²) < 4.78 is 0. The number of hydrogen-bond acceptors (Lipinski definition) is 1. The maximum atomic E-state index is 2.37. The normalized spacial score (nSPS) is 12.8. The van der Waals surface area contributed by atoms with Gasteiger partial charge >= 0.3 is 0 Å². The third kappa shape index (κ3) is 20.1. The molecule has 1 heteroatoms. The monoisotopic (exact) mass is 353 g/mol. The largest absolute Gasteiger partial charge is 0.309 e. The second kappa shape index (κ2) is 20.3. The Bertz CT molecular complexity index is 236. The molecule has 0 saturated carbocycles. The minimum absolute atomic E-state index is 0.984. The molecule has 0 radical (unpaired) electrons. The molecule has 0 N–H and O–H groups in total. The van der Waals surface area contributed by atoms with Gasteiger partial charge in [0.1, 0.15) is 0 Å². The number of rotatable bonds is 20. The zero-order valence-electron chi connectivity index (χ0n) is 18.5. The first-order valence-corrected chi connectivity index (χ1v) is 11.8. The van der Waals surface area contributed by atoms with Crippen LogP contribution >= 0.6 is 0 Å². The Morgan fingerprint density at radius 2 is 0.840 bits per heavy atom. The standard InChI is InChI=1S/C24H51N/c1-5-7-9-11-13-15-17-19-21-24(22-23-25(3)4)20-18-16-14-12-10-8-6-2/h24H,5-23H2,1-4H3. The van der Waals surface area contributed by atoms with Crippen LogP contribution in [0.4, 0.5) is 0 Å². The molecule has 1 atom stereocenters. The van der Waals surface area contributed by atoms with E-state index >= 15 is 0 Å². The molecule has 152 valence electrons. The Hall–Kier alpha value is -0.0400. The lowest BCUT2D eigenvalue weighted by Crippen LogP contribution is -2.17. The fourth-order valence-corrected chi connectivity index (χ4v) is 3.83. The van der Waals surface area contributed by atoms with E-state index in [4.69, 9.17) is 0 Å². The van der Waals surface area contributed by atoms with E-state index in [9.17, 15) is 0 Å². The lowest BCUT2D eigenvalue weighted by Gasteiger charge is -2.19. The first kappa shape index (κ1) is 25.0. The summed E-state index contributed by atoms with van der Waals surface area (Å²) in [5.41, 5.74) is 0. The molecule has 0 amide bonds. The number of hydrogen-bond donors (Lipinski definition) is 0. The minimum Gasteiger partial charge on any atom is -0.309 e. The van der Waals surface area contributed by atoms with Crippen molar-refractivity contribution in [3.8, 4) is 0 Å². The van der Waals surface area contributed by atoms with Crippen LogP contribution in [0.25, 0.3) is 0 Å². The van der Waals surface area contributed by atoms with Gasteiger partial charge in [-0.3, -0.25) is 0 Å². The fraction of sp³-hybridized carbons (Fsp3) is 1.00. The maximum absolute atomic E-state index is 2.37. The summed E-state index contributed by atoms with van der Waals surface area (Å²) in [6, 6.07) is 0. The van der Waals surface area contributed by atoms with Crippen LogP contribution in [0.1, 0.15) is 129 Å². The molecule has 0 fully saturated rings. The van der Waals surface area contributed by atoms with Crippen molar-refractivity contribution in [1.29, 1.82) is 0 Å². The summed E-state index contributed by atoms with van der Waals surface area (Å²) in [5, 5.41) is 0. The summed E-state index contributed by atoms with van der Waals surface area (Å²) in [6.45, 7) is 5.89. The van der Waals surface area contributed by atoms with Gasteiger partial charge in [0.05, 0.1) is 0 Å². The van der Waals surface area contributed by atoms with Crippen LogP contribution in [-0.2, 0) is 0 Å². The molecule has 0 aromatic heterocycles. The second-order valence-corrected chi connectivity index (χ2v) is 8.63. The molecule has 0 bridgehead atoms. The highest BCUT2D eigenvalue weighted by Crippen LogP contribution is 2.22. The van der Waals surface area contributed by atoms with E-state index in [-0.39, 0.29) is 0 Å². The summed E-state index contributed by atoms with van der Waals surface area (Å²) in [5.74, 6) is 0.984. The average molecular weight is 354 g/mol. The summed E-state index contributed by atoms with van der Waals surface area (Å²) >= 11 is 0. The number of unbranched alkanes of at least 4 members (excludes halogenated alkanes) is 13. The van der Waals surface area contributed by atoms with Crippen molar-refractivity contribution in [3.05, 3.63) is 0 Å². The molecule has 0 heterocycles. The van der Waals surface area contributed by atoms with Gasteiger partial charge < -0.3 is 4.90 Å². The van der Waals surface area contributed by atoms with E-state index in [0.717, 1.165) is 5.92 Å². The van der Waals surface area contributed by atoms with Gasteiger partial charge in [0.25, 0.3) is 0 Å². The average Bonchev–Trinajstić information content (AvgIpc) is 2.60. The predicted octanol–water partition coefficient (Wildman–Crippen LogP) is 8.23. The fourth-order valence-electron chi connectivity index (χ4n) is 3.83. The van der Waals surface area contributed by atoms with Gasteiger partial charge in [0, 0.05) is 0 Å². The van der Waals surface area contributed by atoms with Gasteiger partial charge in [-0.2, -0.15) is 0 Å². The molecular formula is C24H51N. The van der Waals surface area contributed by atoms with Crippen molar-refractivity contribution in [2.75, 3.05) is 20.6 Å². The van der Waals surface area contributed by atoms with E-state index in [1.165, 1.54) is 122 Å². The van der Waals surface area contributed by atoms with E-state index < -0.39 is 0 Å². The third-order valence-corrected chi connectivity index (χ3v) is 5.67. The highest BCUT2D eigenvalue weighted by atomic mass is 15.0. The van der Waals surface area contributed by atoms with Crippen molar-refractivity contribution >= 4 is 0 Å². The highest BCUT2D eigenvalue weighted by molar-refractivity contribution is 4.63. The Morgan fingerprint density at radius 3 is 1.20 bits per heavy atom. The van der Waals surface area contributed by atoms with Crippen LogP contribution in [-0.4, -0.2) is 25.5 Å². The van der Waals surface area contributed by atoms with Crippen LogP contribution in [0, 0.1) is 5.92 Å². The van der Waals surface area contributed by atoms with Crippen molar-refractivity contribution in [1.82, 2.24) is 4.90 Å². The van der Waals surface area contributed by atoms with Gasteiger partial charge in [-0.1, -0.05) is 123 Å². The first-order chi connectivity index (χ1) is 12.2. The summed E-state index contributed by atoms with van der Waals surface area (Å²) in [4.78, 5) is 2.37. The SMILES string of the molecule is CCCCCCCCCCC(CCCCCCCCC)CCN(C)C. The van der Waals surface area contributed by atoms with Crippen LogP contribution in [0.15, 0.2) is 0 Å². The number of nitrogens with zero attached hydrogens (tertiary/aromatic N) is 1. The van der Waals surface area contributed by atoms with Crippen molar-refractivity contribution in [3.63, 3.8) is 0 Å². The van der Waals surface area contributed by atoms with Crippen LogP contribution in [0.2, 0.25) is 0 Å². The molecule has 1 nitrogen and oxygen atoms in total. The van der Waals surface area contributed by atoms with E-state index in [0.29, 0.717) is 0 Å². The van der Waals surface area contributed by atoms with Crippen LogP contribution < -0.4 is 0 Å². The quantitative estimate of drug-likeness (QED) is 0.199. The first-order valence-electron chi connectivity index (χ1n) is 11.8. The van der Waals surface area contributed by atoms with Gasteiger partial charge in [0.2, 0.25) is 0 Å². The molecule has 0 aliphatic heterocycles. The summed E-state index contributed by atoms with van der Waals surface area (Å²) in [7, 11) is 4.45. The van der Waals surface area contributed by atoms with Crippen molar-refractivity contribution in [2.45, 2.75) is 129 Å². The van der Waals surface area contributed by atoms with E-state index in [2.05, 4.69) is 32.8 Å². The zero-order chi connectivity index (χ0) is 18.6. The molecule has 0 aromatic rings. The predicted molar refractivity (Wildman–Crippen MR) is 116 cm³/mol. The third-order valence-electron chi connectivity index (χ3n) is 5.67. The summed E-state index contributed by atoms with van der Waals surface area (Å²) in [6.07, 6.45) is 26.1. The van der Waals surface area contributed by atoms with E-state index in [1.54, 1.807) is 0 Å². The minimum atomic E-state index is 0.984. The smallest absolute Gasteiger partial charge is 0.00222 e. The molecule has 0 rings (SSSR count). The van der Waals surface area contributed by atoms with Crippen LogP contribution in [0.3, 0.4) is 0 Å². The zero-order valence-corrected chi connectivity index (χ0v) is 18.5. The van der Waals surface area contributed by atoms with Gasteiger partial charge in [0.15, 0.2) is 0 Å². The van der Waals surface area contributed by atoms with Crippen LogP contribution in [0.5, 0.6) is 0 Å². The van der Waals surface area contributed by atoms with Crippen molar-refractivity contribution < 1.29 is 0 Å².